The third-order valence-electron chi connectivity index (χ3n) is 3.97. The van der Waals surface area contributed by atoms with Crippen molar-refractivity contribution in [2.24, 2.45) is 5.73 Å². The molecule has 1 amide bonds. The standard InChI is InChI=1S/C18H29N3O2/c1-18(2,3)23-17(22)20-12-13-6-4-5-7-16(13)21-15-10-8-14(19)9-11-15/h4-7,14-15,21H,8-12,19H2,1-3H3,(H,20,22). The summed E-state index contributed by atoms with van der Waals surface area (Å²) in [5.41, 5.74) is 7.62. The van der Waals surface area contributed by atoms with Crippen molar-refractivity contribution >= 4 is 11.8 Å². The molecule has 4 N–H and O–H groups in total. The molecule has 0 radical (unpaired) electrons. The highest BCUT2D eigenvalue weighted by molar-refractivity contribution is 5.68. The maximum absolute atomic E-state index is 11.8. The highest BCUT2D eigenvalue weighted by Gasteiger charge is 2.19. The molecule has 0 aliphatic heterocycles. The van der Waals surface area contributed by atoms with E-state index in [1.807, 2.05) is 39.0 Å². The van der Waals surface area contributed by atoms with Crippen molar-refractivity contribution < 1.29 is 9.53 Å². The zero-order valence-electron chi connectivity index (χ0n) is 14.4. The van der Waals surface area contributed by atoms with Gasteiger partial charge in [-0.3, -0.25) is 0 Å². The van der Waals surface area contributed by atoms with Crippen LogP contribution in [0.1, 0.15) is 52.0 Å². The van der Waals surface area contributed by atoms with E-state index in [1.165, 1.54) is 0 Å². The molecular formula is C18H29N3O2. The van der Waals surface area contributed by atoms with Crippen LogP contribution in [-0.2, 0) is 11.3 Å². The average Bonchev–Trinajstić information content (AvgIpc) is 2.47. The Morgan fingerprint density at radius 3 is 2.52 bits per heavy atom. The Balaban J connectivity index is 1.91. The maximum atomic E-state index is 11.8. The zero-order chi connectivity index (χ0) is 16.9. The number of anilines is 1. The molecule has 5 nitrogen and oxygen atoms in total. The second kappa shape index (κ2) is 7.68. The predicted octanol–water partition coefficient (Wildman–Crippen LogP) is 3.39. The van der Waals surface area contributed by atoms with Gasteiger partial charge in [0.2, 0.25) is 0 Å². The summed E-state index contributed by atoms with van der Waals surface area (Å²) in [7, 11) is 0. The van der Waals surface area contributed by atoms with Crippen molar-refractivity contribution in [1.29, 1.82) is 0 Å². The normalized spacial score (nSPS) is 21.6. The Labute approximate surface area is 139 Å². The lowest BCUT2D eigenvalue weighted by Gasteiger charge is -2.28. The van der Waals surface area contributed by atoms with Crippen molar-refractivity contribution in [3.05, 3.63) is 29.8 Å². The minimum atomic E-state index is -0.483. The Bertz CT molecular complexity index is 517. The number of hydrogen-bond acceptors (Lipinski definition) is 4. The first-order valence-corrected chi connectivity index (χ1v) is 8.40. The SMILES string of the molecule is CC(C)(C)OC(=O)NCc1ccccc1NC1CCC(N)CC1. The van der Waals surface area contributed by atoms with Crippen LogP contribution in [0.25, 0.3) is 0 Å². The molecule has 0 aromatic heterocycles. The van der Waals surface area contributed by atoms with E-state index in [4.69, 9.17) is 10.5 Å². The summed E-state index contributed by atoms with van der Waals surface area (Å²) in [5.74, 6) is 0. The molecule has 128 valence electrons. The van der Waals surface area contributed by atoms with Crippen LogP contribution >= 0.6 is 0 Å². The maximum Gasteiger partial charge on any atom is 0.407 e. The van der Waals surface area contributed by atoms with Crippen LogP contribution < -0.4 is 16.4 Å². The summed E-state index contributed by atoms with van der Waals surface area (Å²) in [6.45, 7) is 6.02. The van der Waals surface area contributed by atoms with Crippen LogP contribution in [0.3, 0.4) is 0 Å². The molecule has 0 unspecified atom stereocenters. The number of para-hydroxylation sites is 1. The quantitative estimate of drug-likeness (QED) is 0.795. The molecule has 1 saturated carbocycles. The number of nitrogens with two attached hydrogens (primary N) is 1. The number of hydrogen-bond donors (Lipinski definition) is 3. The number of ether oxygens (including phenoxy) is 1. The van der Waals surface area contributed by atoms with Crippen molar-refractivity contribution in [2.75, 3.05) is 5.32 Å². The number of carbonyl (C=O) groups is 1. The van der Waals surface area contributed by atoms with Crippen LogP contribution in [0.5, 0.6) is 0 Å². The fraction of sp³-hybridized carbons (Fsp3) is 0.611. The number of nitrogens with one attached hydrogen (secondary N) is 2. The van der Waals surface area contributed by atoms with E-state index < -0.39 is 11.7 Å². The predicted molar refractivity (Wildman–Crippen MR) is 93.4 cm³/mol. The summed E-state index contributed by atoms with van der Waals surface area (Å²) in [6.07, 6.45) is 3.92. The van der Waals surface area contributed by atoms with Crippen molar-refractivity contribution in [3.8, 4) is 0 Å². The topological polar surface area (TPSA) is 76.4 Å². The van der Waals surface area contributed by atoms with Gasteiger partial charge in [0.25, 0.3) is 0 Å². The number of amides is 1. The summed E-state index contributed by atoms with van der Waals surface area (Å²) < 4.78 is 5.28. The third kappa shape index (κ3) is 6.10. The Morgan fingerprint density at radius 2 is 1.87 bits per heavy atom. The number of carbonyl (C=O) groups excluding carboxylic acids is 1. The molecule has 1 fully saturated rings. The molecule has 0 heterocycles. The van der Waals surface area contributed by atoms with Gasteiger partial charge in [-0.1, -0.05) is 18.2 Å². The van der Waals surface area contributed by atoms with Gasteiger partial charge in [0.15, 0.2) is 0 Å². The van der Waals surface area contributed by atoms with E-state index in [-0.39, 0.29) is 0 Å². The van der Waals surface area contributed by atoms with E-state index in [0.29, 0.717) is 18.6 Å². The fourth-order valence-corrected chi connectivity index (χ4v) is 2.78. The van der Waals surface area contributed by atoms with Crippen molar-refractivity contribution in [3.63, 3.8) is 0 Å². The number of rotatable bonds is 4. The largest absolute Gasteiger partial charge is 0.444 e. The van der Waals surface area contributed by atoms with Crippen LogP contribution in [0.15, 0.2) is 24.3 Å². The highest BCUT2D eigenvalue weighted by atomic mass is 16.6. The van der Waals surface area contributed by atoms with Crippen molar-refractivity contribution in [1.82, 2.24) is 5.32 Å². The molecule has 0 atom stereocenters. The number of benzene rings is 1. The van der Waals surface area contributed by atoms with Gasteiger partial charge >= 0.3 is 6.09 Å². The molecule has 1 aromatic carbocycles. The molecule has 1 aliphatic rings. The van der Waals surface area contributed by atoms with Gasteiger partial charge in [0.1, 0.15) is 5.60 Å². The Kier molecular flexibility index (Phi) is 5.88. The lowest BCUT2D eigenvalue weighted by atomic mass is 9.91. The van der Waals surface area contributed by atoms with Crippen LogP contribution in [0.4, 0.5) is 10.5 Å². The van der Waals surface area contributed by atoms with Crippen molar-refractivity contribution in [2.45, 2.75) is 70.7 Å². The minimum absolute atomic E-state index is 0.345. The van der Waals surface area contributed by atoms with Gasteiger partial charge < -0.3 is 21.1 Å². The second-order valence-corrected chi connectivity index (χ2v) is 7.27. The lowest BCUT2D eigenvalue weighted by Crippen LogP contribution is -2.34. The Hall–Kier alpha value is -1.75. The van der Waals surface area contributed by atoms with Gasteiger partial charge in [0.05, 0.1) is 0 Å². The van der Waals surface area contributed by atoms with E-state index in [1.54, 1.807) is 0 Å². The van der Waals surface area contributed by atoms with Crippen LogP contribution in [0, 0.1) is 0 Å². The summed E-state index contributed by atoms with van der Waals surface area (Å²) in [5, 5.41) is 6.41. The van der Waals surface area contributed by atoms with E-state index >= 15 is 0 Å². The fourth-order valence-electron chi connectivity index (χ4n) is 2.78. The molecule has 0 spiro atoms. The minimum Gasteiger partial charge on any atom is -0.444 e. The first-order valence-electron chi connectivity index (χ1n) is 8.40. The number of alkyl carbamates (subject to hydrolysis) is 1. The molecule has 0 bridgehead atoms. The second-order valence-electron chi connectivity index (χ2n) is 7.27. The average molecular weight is 319 g/mol. The highest BCUT2D eigenvalue weighted by Crippen LogP contribution is 2.23. The zero-order valence-corrected chi connectivity index (χ0v) is 14.4. The van der Waals surface area contributed by atoms with Gasteiger partial charge in [0, 0.05) is 24.3 Å². The monoisotopic (exact) mass is 319 g/mol. The molecule has 1 aromatic rings. The molecule has 23 heavy (non-hydrogen) atoms. The molecule has 5 heteroatoms. The first-order chi connectivity index (χ1) is 10.8. The Morgan fingerprint density at radius 1 is 1.22 bits per heavy atom. The van der Waals surface area contributed by atoms with Gasteiger partial charge in [-0.15, -0.1) is 0 Å². The molecular weight excluding hydrogens is 290 g/mol. The summed E-state index contributed by atoms with van der Waals surface area (Å²) in [4.78, 5) is 11.8. The smallest absolute Gasteiger partial charge is 0.407 e. The van der Waals surface area contributed by atoms with Gasteiger partial charge in [-0.2, -0.15) is 0 Å². The van der Waals surface area contributed by atoms with Gasteiger partial charge in [-0.05, 0) is 58.1 Å². The molecule has 1 aliphatic carbocycles. The molecule has 2 rings (SSSR count). The van der Waals surface area contributed by atoms with E-state index in [0.717, 1.165) is 36.9 Å². The van der Waals surface area contributed by atoms with Gasteiger partial charge in [-0.25, -0.2) is 4.79 Å². The lowest BCUT2D eigenvalue weighted by molar-refractivity contribution is 0.0523. The summed E-state index contributed by atoms with van der Waals surface area (Å²) >= 11 is 0. The van der Waals surface area contributed by atoms with E-state index in [2.05, 4.69) is 16.7 Å². The first kappa shape index (κ1) is 17.6. The summed E-state index contributed by atoms with van der Waals surface area (Å²) in [6, 6.07) is 8.87. The van der Waals surface area contributed by atoms with Crippen LogP contribution in [0.2, 0.25) is 0 Å². The van der Waals surface area contributed by atoms with Crippen LogP contribution in [-0.4, -0.2) is 23.8 Å². The third-order valence-corrected chi connectivity index (χ3v) is 3.97. The molecule has 0 saturated heterocycles. The van der Waals surface area contributed by atoms with E-state index in [9.17, 15) is 4.79 Å².